The molecule has 0 spiro atoms. The quantitative estimate of drug-likeness (QED) is 0.155. The maximum absolute atomic E-state index is 6.67. The number of benzene rings is 2. The van der Waals surface area contributed by atoms with Crippen LogP contribution in [0.25, 0.3) is 0 Å². The summed E-state index contributed by atoms with van der Waals surface area (Å²) in [5.41, 5.74) is 19.4. The molecule has 4 N–H and O–H groups in total. The summed E-state index contributed by atoms with van der Waals surface area (Å²) >= 11 is 0. The Labute approximate surface area is 244 Å². The Morgan fingerprint density at radius 1 is 0.975 bits per heavy atom. The van der Waals surface area contributed by atoms with Gasteiger partial charge in [0.15, 0.2) is 11.5 Å². The number of nitrogens with two attached hydrogens (primary N) is 1. The normalized spacial score (nSPS) is 15.3. The molecule has 0 aliphatic carbocycles. The highest BCUT2D eigenvalue weighted by Crippen LogP contribution is 2.41. The van der Waals surface area contributed by atoms with Crippen LogP contribution in [-0.4, -0.2) is 44.6 Å². The molecule has 226 valence electrons. The lowest BCUT2D eigenvalue weighted by atomic mass is 9.77. The molecule has 7 heteroatoms. The Bertz CT molecular complexity index is 941. The Hall–Kier alpha value is -2.93. The van der Waals surface area contributed by atoms with Crippen molar-refractivity contribution >= 4 is 5.84 Å². The zero-order valence-corrected chi connectivity index (χ0v) is 26.7. The third-order valence-electron chi connectivity index (χ3n) is 7.59. The van der Waals surface area contributed by atoms with Crippen molar-refractivity contribution in [1.29, 1.82) is 11.1 Å². The number of para-hydroxylation sites is 1. The van der Waals surface area contributed by atoms with Crippen LogP contribution in [0.15, 0.2) is 53.5 Å². The lowest BCUT2D eigenvalue weighted by Crippen LogP contribution is -2.45. The van der Waals surface area contributed by atoms with E-state index in [2.05, 4.69) is 69.9 Å². The average Bonchev–Trinajstić information content (AvgIpc) is 3.01. The molecular formula is C33H57N5O2. The summed E-state index contributed by atoms with van der Waals surface area (Å²) in [4.78, 5) is 7.27. The molecule has 1 aliphatic rings. The Morgan fingerprint density at radius 2 is 1.55 bits per heavy atom. The lowest BCUT2D eigenvalue weighted by molar-refractivity contribution is 0.0992. The molecule has 1 saturated heterocycles. The van der Waals surface area contributed by atoms with Crippen LogP contribution in [0.2, 0.25) is 0 Å². The molecular weight excluding hydrogens is 498 g/mol. The predicted molar refractivity (Wildman–Crippen MR) is 170 cm³/mol. The molecule has 0 amide bonds. The van der Waals surface area contributed by atoms with Crippen LogP contribution < -0.4 is 15.2 Å². The van der Waals surface area contributed by atoms with Crippen molar-refractivity contribution in [2.45, 2.75) is 86.6 Å². The van der Waals surface area contributed by atoms with Crippen molar-refractivity contribution in [2.24, 2.45) is 22.1 Å². The van der Waals surface area contributed by atoms with E-state index in [0.29, 0.717) is 17.8 Å². The highest BCUT2D eigenvalue weighted by atomic mass is 16.5. The zero-order valence-electron chi connectivity index (χ0n) is 26.7. The number of nitrogens with zero attached hydrogens (tertiary/aromatic N) is 2. The second-order valence-electron chi connectivity index (χ2n) is 10.5. The first-order chi connectivity index (χ1) is 19.3. The first kappa shape index (κ1) is 37.1. The molecule has 2 aromatic rings. The number of piperidine rings is 1. The van der Waals surface area contributed by atoms with Crippen molar-refractivity contribution < 1.29 is 9.47 Å². The molecule has 1 aliphatic heterocycles. The summed E-state index contributed by atoms with van der Waals surface area (Å²) in [5, 5.41) is 0. The van der Waals surface area contributed by atoms with Gasteiger partial charge in [-0.1, -0.05) is 104 Å². The van der Waals surface area contributed by atoms with Gasteiger partial charge in [0.05, 0.1) is 20.3 Å². The standard InChI is InChI=1S/C26H37N3O2.C5H12.C2H6.H2N2/c1-5-26(2)15-18-29(19-16-26)23(21-12-9-13-22(30-3)24(21)31-4)25(27)28-17-14-20-10-7-6-8-11-20;1-4-5(2)3;2*1-2/h6-13,23H,5,14-19H2,1-4H3,(H2,27,28);5H,4H2,1-3H3;1-2H3;1-2H. The summed E-state index contributed by atoms with van der Waals surface area (Å²) in [6.07, 6.45) is 5.69. The molecule has 7 nitrogen and oxygen atoms in total. The molecule has 0 radical (unpaired) electrons. The fraction of sp³-hybridized carbons (Fsp3) is 0.606. The van der Waals surface area contributed by atoms with E-state index in [1.54, 1.807) is 14.2 Å². The number of hydrogen-bond donors (Lipinski definition) is 3. The molecule has 2 aromatic carbocycles. The van der Waals surface area contributed by atoms with Gasteiger partial charge in [-0.3, -0.25) is 9.89 Å². The Balaban J connectivity index is 0.00000150. The van der Waals surface area contributed by atoms with E-state index in [-0.39, 0.29) is 6.04 Å². The van der Waals surface area contributed by atoms with Gasteiger partial charge in [-0.15, -0.1) is 0 Å². The molecule has 3 rings (SSSR count). The van der Waals surface area contributed by atoms with Gasteiger partial charge in [0, 0.05) is 12.1 Å². The van der Waals surface area contributed by atoms with E-state index in [9.17, 15) is 0 Å². The van der Waals surface area contributed by atoms with Crippen LogP contribution in [-0.2, 0) is 6.42 Å². The van der Waals surface area contributed by atoms with Gasteiger partial charge in [0.25, 0.3) is 0 Å². The average molecular weight is 556 g/mol. The number of hydrogen-bond acceptors (Lipinski definition) is 6. The predicted octanol–water partition coefficient (Wildman–Crippen LogP) is 8.53. The molecule has 0 aromatic heterocycles. The molecule has 1 atom stereocenters. The van der Waals surface area contributed by atoms with E-state index < -0.39 is 0 Å². The SMILES string of the molecule is CC.CCC(C)C.CCC1(C)CCN(C(C(N)=NCCc2ccccc2)c2cccc(OC)c2OC)CC1.N=N. The van der Waals surface area contributed by atoms with Crippen molar-refractivity contribution in [3.63, 3.8) is 0 Å². The minimum absolute atomic E-state index is 0.123. The van der Waals surface area contributed by atoms with Crippen molar-refractivity contribution in [3.05, 3.63) is 59.7 Å². The third kappa shape index (κ3) is 12.1. The summed E-state index contributed by atoms with van der Waals surface area (Å²) in [7, 11) is 3.35. The van der Waals surface area contributed by atoms with Crippen LogP contribution in [0.3, 0.4) is 0 Å². The summed E-state index contributed by atoms with van der Waals surface area (Å²) in [6.45, 7) is 18.0. The summed E-state index contributed by atoms with van der Waals surface area (Å²) < 4.78 is 11.3. The van der Waals surface area contributed by atoms with Gasteiger partial charge in [0.2, 0.25) is 0 Å². The highest BCUT2D eigenvalue weighted by molar-refractivity contribution is 5.88. The first-order valence-corrected chi connectivity index (χ1v) is 14.8. The van der Waals surface area contributed by atoms with Gasteiger partial charge in [-0.2, -0.15) is 0 Å². The summed E-state index contributed by atoms with van der Waals surface area (Å²) in [5.74, 6) is 2.98. The molecule has 0 saturated carbocycles. The zero-order chi connectivity index (χ0) is 30.6. The largest absolute Gasteiger partial charge is 0.493 e. The van der Waals surface area contributed by atoms with Gasteiger partial charge in [-0.05, 0) is 55.3 Å². The molecule has 1 heterocycles. The van der Waals surface area contributed by atoms with Crippen LogP contribution in [0, 0.1) is 22.4 Å². The third-order valence-corrected chi connectivity index (χ3v) is 7.59. The molecule has 0 bridgehead atoms. The Kier molecular flexibility index (Phi) is 19.4. The van der Waals surface area contributed by atoms with E-state index in [1.807, 2.05) is 32.0 Å². The fourth-order valence-electron chi connectivity index (χ4n) is 4.39. The molecule has 40 heavy (non-hydrogen) atoms. The Morgan fingerprint density at radius 3 is 2.02 bits per heavy atom. The van der Waals surface area contributed by atoms with E-state index in [1.165, 1.54) is 18.4 Å². The van der Waals surface area contributed by atoms with Gasteiger partial charge in [-0.25, -0.2) is 11.1 Å². The first-order valence-electron chi connectivity index (χ1n) is 14.8. The topological polar surface area (TPSA) is 108 Å². The summed E-state index contributed by atoms with van der Waals surface area (Å²) in [6, 6.07) is 16.3. The van der Waals surface area contributed by atoms with Gasteiger partial charge < -0.3 is 15.2 Å². The number of rotatable bonds is 10. The van der Waals surface area contributed by atoms with Crippen LogP contribution in [0.1, 0.15) is 91.3 Å². The smallest absolute Gasteiger partial charge is 0.165 e. The van der Waals surface area contributed by atoms with E-state index in [0.717, 1.165) is 55.3 Å². The maximum atomic E-state index is 6.67. The van der Waals surface area contributed by atoms with Crippen LogP contribution >= 0.6 is 0 Å². The number of ether oxygens (including phenoxy) is 2. The van der Waals surface area contributed by atoms with E-state index >= 15 is 0 Å². The fourth-order valence-corrected chi connectivity index (χ4v) is 4.39. The number of methoxy groups -OCH3 is 2. The van der Waals surface area contributed by atoms with Crippen molar-refractivity contribution in [2.75, 3.05) is 33.9 Å². The number of aliphatic imine (C=N–C) groups is 1. The number of amidine groups is 1. The highest BCUT2D eigenvalue weighted by Gasteiger charge is 2.35. The maximum Gasteiger partial charge on any atom is 0.165 e. The second-order valence-corrected chi connectivity index (χ2v) is 10.5. The minimum atomic E-state index is -0.123. The molecule has 1 unspecified atom stereocenters. The van der Waals surface area contributed by atoms with Crippen LogP contribution in [0.5, 0.6) is 11.5 Å². The van der Waals surface area contributed by atoms with Gasteiger partial charge >= 0.3 is 0 Å². The van der Waals surface area contributed by atoms with Crippen molar-refractivity contribution in [1.82, 2.24) is 4.90 Å². The minimum Gasteiger partial charge on any atom is -0.493 e. The van der Waals surface area contributed by atoms with Crippen LogP contribution in [0.4, 0.5) is 0 Å². The number of likely N-dealkylation sites (tertiary alicyclic amines) is 1. The lowest BCUT2D eigenvalue weighted by Gasteiger charge is -2.42. The number of nitrogens with one attached hydrogen (secondary N) is 2. The molecule has 1 fully saturated rings. The van der Waals surface area contributed by atoms with Crippen molar-refractivity contribution in [3.8, 4) is 11.5 Å². The van der Waals surface area contributed by atoms with Gasteiger partial charge in [0.1, 0.15) is 5.84 Å². The van der Waals surface area contributed by atoms with E-state index in [4.69, 9.17) is 31.3 Å². The second kappa shape index (κ2) is 20.9. The monoisotopic (exact) mass is 555 g/mol.